The molecule has 1 amide bonds. The Morgan fingerprint density at radius 2 is 1.92 bits per heavy atom. The van der Waals surface area contributed by atoms with E-state index in [-0.39, 0.29) is 37.0 Å². The van der Waals surface area contributed by atoms with Crippen LogP contribution in [0, 0.1) is 5.92 Å². The molecule has 2 rings (SSSR count). The Morgan fingerprint density at radius 1 is 1.31 bits per heavy atom. The molecular weight excluding hydrogens is 373 g/mol. The molecule has 1 atom stereocenters. The van der Waals surface area contributed by atoms with Gasteiger partial charge < -0.3 is 15.4 Å². The van der Waals surface area contributed by atoms with Gasteiger partial charge in [0.25, 0.3) is 0 Å². The fraction of sp³-hybridized carbons (Fsp3) is 0.529. The fourth-order valence-electron chi connectivity index (χ4n) is 2.50. The molecule has 0 spiro atoms. The molecule has 5 nitrogen and oxygen atoms in total. The van der Waals surface area contributed by atoms with E-state index in [4.69, 9.17) is 10.5 Å². The number of carbonyl (C=O) groups is 2. The molecule has 1 fully saturated rings. The first-order chi connectivity index (χ1) is 11.7. The van der Waals surface area contributed by atoms with E-state index in [9.17, 15) is 22.8 Å². The fourth-order valence-corrected chi connectivity index (χ4v) is 2.50. The summed E-state index contributed by atoms with van der Waals surface area (Å²) in [6.07, 6.45) is -2.63. The van der Waals surface area contributed by atoms with Crippen molar-refractivity contribution in [1.82, 2.24) is 4.90 Å². The van der Waals surface area contributed by atoms with Gasteiger partial charge in [0, 0.05) is 20.0 Å². The Hall–Kier alpha value is -1.80. The summed E-state index contributed by atoms with van der Waals surface area (Å²) in [7, 11) is 0. The summed E-state index contributed by atoms with van der Waals surface area (Å²) in [5, 5.41) is 0. The predicted molar refractivity (Wildman–Crippen MR) is 91.4 cm³/mol. The van der Waals surface area contributed by atoms with Gasteiger partial charge in [0.2, 0.25) is 5.91 Å². The van der Waals surface area contributed by atoms with E-state index in [1.807, 2.05) is 0 Å². The van der Waals surface area contributed by atoms with Crippen LogP contribution in [0.1, 0.15) is 30.9 Å². The lowest BCUT2D eigenvalue weighted by atomic mass is 10.1. The van der Waals surface area contributed by atoms with Crippen molar-refractivity contribution in [2.75, 3.05) is 13.2 Å². The number of carbonyl (C=O) groups excluding carboxylic acids is 2. The Kier molecular flexibility index (Phi) is 7.89. The summed E-state index contributed by atoms with van der Waals surface area (Å²) in [5.74, 6) is -0.813. The predicted octanol–water partition coefficient (Wildman–Crippen LogP) is 2.76. The largest absolute Gasteiger partial charge is 0.464 e. The average Bonchev–Trinajstić information content (AvgIpc) is 3.34. The summed E-state index contributed by atoms with van der Waals surface area (Å²) in [6, 6.07) is 4.07. The van der Waals surface area contributed by atoms with Crippen LogP contribution in [0.25, 0.3) is 0 Å². The minimum absolute atomic E-state index is 0. The maximum absolute atomic E-state index is 13.2. The number of nitrogens with zero attached hydrogens (tertiary/aromatic N) is 1. The Labute approximate surface area is 156 Å². The highest BCUT2D eigenvalue weighted by Crippen LogP contribution is 2.34. The molecule has 0 radical (unpaired) electrons. The molecule has 2 N–H and O–H groups in total. The third-order valence-electron chi connectivity index (χ3n) is 3.95. The quantitative estimate of drug-likeness (QED) is 0.722. The molecule has 26 heavy (non-hydrogen) atoms. The highest BCUT2D eigenvalue weighted by atomic mass is 35.5. The summed E-state index contributed by atoms with van der Waals surface area (Å²) in [6.45, 7) is 1.06. The molecule has 1 aliphatic rings. The van der Waals surface area contributed by atoms with Crippen LogP contribution in [-0.4, -0.2) is 36.0 Å². The van der Waals surface area contributed by atoms with Gasteiger partial charge in [0.1, 0.15) is 12.6 Å². The minimum atomic E-state index is -4.50. The van der Waals surface area contributed by atoms with Crippen LogP contribution in [0.2, 0.25) is 0 Å². The molecule has 0 saturated heterocycles. The van der Waals surface area contributed by atoms with E-state index < -0.39 is 29.7 Å². The second-order valence-electron chi connectivity index (χ2n) is 6.23. The second kappa shape index (κ2) is 9.23. The maximum atomic E-state index is 13.2. The van der Waals surface area contributed by atoms with Crippen LogP contribution in [0.4, 0.5) is 13.2 Å². The van der Waals surface area contributed by atoms with Crippen molar-refractivity contribution < 1.29 is 27.5 Å². The van der Waals surface area contributed by atoms with Gasteiger partial charge in [-0.15, -0.1) is 12.4 Å². The van der Waals surface area contributed by atoms with Crippen LogP contribution < -0.4 is 5.73 Å². The molecule has 1 aliphatic carbocycles. The highest BCUT2D eigenvalue weighted by Gasteiger charge is 2.35. The zero-order valence-electron chi connectivity index (χ0n) is 14.3. The first-order valence-electron chi connectivity index (χ1n) is 8.01. The monoisotopic (exact) mass is 394 g/mol. The minimum Gasteiger partial charge on any atom is -0.464 e. The zero-order valence-corrected chi connectivity index (χ0v) is 15.1. The van der Waals surface area contributed by atoms with E-state index >= 15 is 0 Å². The molecule has 1 aromatic carbocycles. The van der Waals surface area contributed by atoms with Crippen molar-refractivity contribution in [3.8, 4) is 0 Å². The lowest BCUT2D eigenvalue weighted by Crippen LogP contribution is -2.47. The molecule has 9 heteroatoms. The van der Waals surface area contributed by atoms with E-state index in [1.54, 1.807) is 0 Å². The summed E-state index contributed by atoms with van der Waals surface area (Å²) in [5.41, 5.74) is 5.00. The van der Waals surface area contributed by atoms with E-state index in [1.165, 1.54) is 30.0 Å². The van der Waals surface area contributed by atoms with Gasteiger partial charge in [-0.25, -0.2) is 0 Å². The van der Waals surface area contributed by atoms with Gasteiger partial charge in [-0.05, 0) is 30.4 Å². The molecule has 0 aliphatic heterocycles. The lowest BCUT2D eigenvalue weighted by Gasteiger charge is -2.27. The average molecular weight is 395 g/mol. The maximum Gasteiger partial charge on any atom is 0.416 e. The number of ether oxygens (including phenoxy) is 1. The topological polar surface area (TPSA) is 72.6 Å². The third kappa shape index (κ3) is 6.49. The van der Waals surface area contributed by atoms with Crippen LogP contribution in [0.3, 0.4) is 0 Å². The number of esters is 1. The summed E-state index contributed by atoms with van der Waals surface area (Å²) in [4.78, 5) is 24.7. The highest BCUT2D eigenvalue weighted by molar-refractivity contribution is 5.85. The van der Waals surface area contributed by atoms with Crippen LogP contribution in [0.15, 0.2) is 24.3 Å². The number of halogens is 4. The molecule has 1 unspecified atom stereocenters. The van der Waals surface area contributed by atoms with Gasteiger partial charge >= 0.3 is 12.1 Å². The number of rotatable bonds is 7. The molecule has 146 valence electrons. The van der Waals surface area contributed by atoms with E-state index in [0.29, 0.717) is 6.54 Å². The number of hydrogen-bond donors (Lipinski definition) is 1. The van der Waals surface area contributed by atoms with Crippen molar-refractivity contribution in [1.29, 1.82) is 0 Å². The van der Waals surface area contributed by atoms with Gasteiger partial charge in [-0.1, -0.05) is 18.2 Å². The Bertz CT molecular complexity index is 636. The van der Waals surface area contributed by atoms with Crippen molar-refractivity contribution >= 4 is 24.3 Å². The van der Waals surface area contributed by atoms with Gasteiger partial charge in [-0.3, -0.25) is 9.59 Å². The van der Waals surface area contributed by atoms with Crippen LogP contribution >= 0.6 is 12.4 Å². The van der Waals surface area contributed by atoms with Crippen molar-refractivity contribution in [3.05, 3.63) is 35.4 Å². The number of benzene rings is 1. The van der Waals surface area contributed by atoms with Crippen LogP contribution in [0.5, 0.6) is 0 Å². The molecule has 0 heterocycles. The normalized spacial score (nSPS) is 15.0. The first kappa shape index (κ1) is 22.2. The molecule has 0 bridgehead atoms. The number of amides is 1. The molecule has 1 saturated carbocycles. The van der Waals surface area contributed by atoms with Crippen molar-refractivity contribution in [3.63, 3.8) is 0 Å². The van der Waals surface area contributed by atoms with E-state index in [2.05, 4.69) is 0 Å². The van der Waals surface area contributed by atoms with E-state index in [0.717, 1.165) is 18.9 Å². The molecular formula is C17H22ClF3N2O3. The lowest BCUT2D eigenvalue weighted by molar-refractivity contribution is -0.145. The zero-order chi connectivity index (χ0) is 18.6. The smallest absolute Gasteiger partial charge is 0.416 e. The van der Waals surface area contributed by atoms with Gasteiger partial charge in [0.05, 0.1) is 5.56 Å². The first-order valence-corrected chi connectivity index (χ1v) is 8.01. The van der Waals surface area contributed by atoms with Gasteiger partial charge in [-0.2, -0.15) is 13.2 Å². The van der Waals surface area contributed by atoms with Gasteiger partial charge in [0.15, 0.2) is 0 Å². The molecule has 1 aromatic rings. The van der Waals surface area contributed by atoms with Crippen LogP contribution in [-0.2, 0) is 27.0 Å². The number of alkyl halides is 3. The summed E-state index contributed by atoms with van der Waals surface area (Å²) >= 11 is 0. The second-order valence-corrected chi connectivity index (χ2v) is 6.23. The Balaban J connectivity index is 0.00000338. The SMILES string of the molecule is CC(=O)OCC(N)C(=O)N(Cc1ccccc1C(F)(F)F)CC1CC1.Cl. The number of hydrogen-bond acceptors (Lipinski definition) is 4. The van der Waals surface area contributed by atoms with Crippen molar-refractivity contribution in [2.24, 2.45) is 11.7 Å². The summed E-state index contributed by atoms with van der Waals surface area (Å²) < 4.78 is 44.2. The Morgan fingerprint density at radius 3 is 2.46 bits per heavy atom. The standard InChI is InChI=1S/C17H21F3N2O3.ClH/c1-11(23)25-10-15(21)16(24)22(8-12-6-7-12)9-13-4-2-3-5-14(13)17(18,19)20;/h2-5,12,15H,6-10,21H2,1H3;1H. The third-order valence-corrected chi connectivity index (χ3v) is 3.95. The van der Waals surface area contributed by atoms with Crippen molar-refractivity contribution in [2.45, 2.75) is 38.5 Å². The molecule has 0 aromatic heterocycles. The number of nitrogens with two attached hydrogens (primary N) is 1.